The summed E-state index contributed by atoms with van der Waals surface area (Å²) in [7, 11) is 0. The maximum absolute atomic E-state index is 12.5. The van der Waals surface area contributed by atoms with Crippen LogP contribution in [-0.2, 0) is 16.0 Å². The Morgan fingerprint density at radius 3 is 2.68 bits per heavy atom. The number of anilines is 2. The van der Waals surface area contributed by atoms with Crippen molar-refractivity contribution in [3.8, 4) is 0 Å². The molecular weight excluding hydrogens is 356 g/mol. The Bertz CT molecular complexity index is 906. The molecule has 0 saturated heterocycles. The molecule has 0 atom stereocenters. The Labute approximate surface area is 165 Å². The molecule has 0 aliphatic carbocycles. The Kier molecular flexibility index (Phi) is 5.58. The first-order valence-corrected chi connectivity index (χ1v) is 9.40. The lowest BCUT2D eigenvalue weighted by Gasteiger charge is -2.32. The molecule has 1 aliphatic heterocycles. The van der Waals surface area contributed by atoms with Gasteiger partial charge in [-0.1, -0.05) is 0 Å². The summed E-state index contributed by atoms with van der Waals surface area (Å²) in [5.41, 5.74) is 2.00. The van der Waals surface area contributed by atoms with Crippen molar-refractivity contribution in [2.24, 2.45) is 0 Å². The van der Waals surface area contributed by atoms with Crippen LogP contribution in [0.15, 0.2) is 40.8 Å². The van der Waals surface area contributed by atoms with Gasteiger partial charge in [0.1, 0.15) is 17.1 Å². The van der Waals surface area contributed by atoms with Crippen molar-refractivity contribution < 1.29 is 18.7 Å². The Morgan fingerprint density at radius 1 is 1.21 bits per heavy atom. The highest BCUT2D eigenvalue weighted by atomic mass is 16.6. The summed E-state index contributed by atoms with van der Waals surface area (Å²) in [5, 5.41) is 2.85. The van der Waals surface area contributed by atoms with E-state index >= 15 is 0 Å². The maximum Gasteiger partial charge on any atom is 0.414 e. The molecule has 0 spiro atoms. The van der Waals surface area contributed by atoms with E-state index in [-0.39, 0.29) is 12.0 Å². The average molecular weight is 382 g/mol. The highest BCUT2D eigenvalue weighted by molar-refractivity contribution is 6.02. The molecule has 2 amide bonds. The second kappa shape index (κ2) is 7.92. The van der Waals surface area contributed by atoms with Crippen molar-refractivity contribution in [2.75, 3.05) is 16.8 Å². The number of hydrogen-bond acceptors (Lipinski definition) is 4. The number of nitrogens with zero attached hydrogens (tertiary/aromatic N) is 1. The van der Waals surface area contributed by atoms with E-state index in [9.17, 15) is 9.59 Å². The minimum absolute atomic E-state index is 0.242. The number of amides is 2. The fraction of sp³-hybridized carbons (Fsp3) is 0.364. The molecule has 2 heterocycles. The van der Waals surface area contributed by atoms with Crippen LogP contribution in [-0.4, -0.2) is 24.1 Å². The van der Waals surface area contributed by atoms with E-state index in [0.29, 0.717) is 18.0 Å². The summed E-state index contributed by atoms with van der Waals surface area (Å²) in [5.74, 6) is 1.18. The quantitative estimate of drug-likeness (QED) is 0.764. The van der Waals surface area contributed by atoms with Gasteiger partial charge in [0.2, 0.25) is 5.91 Å². The monoisotopic (exact) mass is 382 g/mol. The van der Waals surface area contributed by atoms with Gasteiger partial charge in [-0.25, -0.2) is 4.79 Å². The predicted octanol–water partition coefficient (Wildman–Crippen LogP) is 4.93. The highest BCUT2D eigenvalue weighted by Gasteiger charge is 2.27. The average Bonchev–Trinajstić information content (AvgIpc) is 3.03. The number of carbonyl (C=O) groups excluding carboxylic acids is 2. The number of aryl methyl sites for hydroxylation is 2. The van der Waals surface area contributed by atoms with E-state index in [2.05, 4.69) is 5.32 Å². The maximum atomic E-state index is 12.5. The second-order valence-electron chi connectivity index (χ2n) is 7.85. The molecule has 3 rings (SSSR count). The Balaban J connectivity index is 1.69. The van der Waals surface area contributed by atoms with Crippen LogP contribution in [0.2, 0.25) is 0 Å². The largest absolute Gasteiger partial charge is 0.462 e. The van der Waals surface area contributed by atoms with E-state index in [4.69, 9.17) is 9.15 Å². The number of furan rings is 1. The van der Waals surface area contributed by atoms with Gasteiger partial charge >= 0.3 is 6.09 Å². The van der Waals surface area contributed by atoms with Crippen LogP contribution < -0.4 is 10.2 Å². The Hall–Kier alpha value is -3.02. The molecule has 1 aromatic carbocycles. The van der Waals surface area contributed by atoms with Crippen LogP contribution >= 0.6 is 0 Å². The zero-order valence-electron chi connectivity index (χ0n) is 16.7. The van der Waals surface area contributed by atoms with Crippen molar-refractivity contribution in [3.63, 3.8) is 0 Å². The van der Waals surface area contributed by atoms with E-state index in [1.807, 2.05) is 52.0 Å². The van der Waals surface area contributed by atoms with Crippen LogP contribution in [0, 0.1) is 6.92 Å². The van der Waals surface area contributed by atoms with E-state index in [1.165, 1.54) is 6.08 Å². The number of carbonyl (C=O) groups is 2. The summed E-state index contributed by atoms with van der Waals surface area (Å²) in [6.07, 6.45) is 4.42. The molecule has 6 nitrogen and oxygen atoms in total. The number of fused-ring (bicyclic) bond motifs is 1. The third kappa shape index (κ3) is 5.03. The zero-order valence-corrected chi connectivity index (χ0v) is 16.7. The molecule has 0 unspecified atom stereocenters. The van der Waals surface area contributed by atoms with Gasteiger partial charge in [0, 0.05) is 18.3 Å². The van der Waals surface area contributed by atoms with Crippen LogP contribution in [0.3, 0.4) is 0 Å². The lowest BCUT2D eigenvalue weighted by Crippen LogP contribution is -2.39. The lowest BCUT2D eigenvalue weighted by atomic mass is 10.0. The number of nitrogens with one attached hydrogen (secondary N) is 1. The van der Waals surface area contributed by atoms with E-state index in [0.717, 1.165) is 29.9 Å². The topological polar surface area (TPSA) is 71.8 Å². The van der Waals surface area contributed by atoms with Crippen molar-refractivity contribution in [1.82, 2.24) is 0 Å². The fourth-order valence-electron chi connectivity index (χ4n) is 3.07. The first-order chi connectivity index (χ1) is 13.2. The zero-order chi connectivity index (χ0) is 20.3. The molecule has 0 radical (unpaired) electrons. The molecule has 6 heteroatoms. The molecule has 28 heavy (non-hydrogen) atoms. The Morgan fingerprint density at radius 2 is 2.00 bits per heavy atom. The fourth-order valence-corrected chi connectivity index (χ4v) is 3.07. The van der Waals surface area contributed by atoms with Crippen molar-refractivity contribution >= 4 is 29.5 Å². The molecule has 1 aromatic heterocycles. The third-order valence-electron chi connectivity index (χ3n) is 4.24. The SMILES string of the molecule is Cc1ccc(/C=C/C(=O)Nc2ccc3c(c2)CCCN3C(=O)OC(C)(C)C)o1. The minimum atomic E-state index is -0.540. The van der Waals surface area contributed by atoms with Gasteiger partial charge in [0.15, 0.2) is 0 Å². The van der Waals surface area contributed by atoms with Crippen molar-refractivity contribution in [2.45, 2.75) is 46.1 Å². The normalized spacial score (nSPS) is 14.1. The number of benzene rings is 1. The van der Waals surface area contributed by atoms with Gasteiger partial charge in [-0.05, 0) is 82.5 Å². The summed E-state index contributed by atoms with van der Waals surface area (Å²) in [6.45, 7) is 8.04. The predicted molar refractivity (Wildman–Crippen MR) is 109 cm³/mol. The molecule has 0 fully saturated rings. The first kappa shape index (κ1) is 19.7. The summed E-state index contributed by atoms with van der Waals surface area (Å²) < 4.78 is 10.9. The third-order valence-corrected chi connectivity index (χ3v) is 4.24. The molecule has 0 bridgehead atoms. The summed E-state index contributed by atoms with van der Waals surface area (Å²) in [6, 6.07) is 9.22. The van der Waals surface area contributed by atoms with Gasteiger partial charge < -0.3 is 14.5 Å². The van der Waals surface area contributed by atoms with E-state index < -0.39 is 5.60 Å². The van der Waals surface area contributed by atoms with Gasteiger partial charge in [-0.15, -0.1) is 0 Å². The molecule has 0 saturated carbocycles. The van der Waals surface area contributed by atoms with Gasteiger partial charge in [0.05, 0.1) is 5.69 Å². The van der Waals surface area contributed by atoms with Crippen LogP contribution in [0.5, 0.6) is 0 Å². The van der Waals surface area contributed by atoms with Crippen molar-refractivity contribution in [1.29, 1.82) is 0 Å². The van der Waals surface area contributed by atoms with Gasteiger partial charge in [-0.2, -0.15) is 0 Å². The molecule has 1 N–H and O–H groups in total. The summed E-state index contributed by atoms with van der Waals surface area (Å²) in [4.78, 5) is 26.3. The lowest BCUT2D eigenvalue weighted by molar-refractivity contribution is -0.111. The standard InChI is InChI=1S/C22H26N2O4/c1-15-7-9-18(27-15)10-12-20(25)23-17-8-11-19-16(14-17)6-5-13-24(19)21(26)28-22(2,3)4/h7-12,14H,5-6,13H2,1-4H3,(H,23,25)/b12-10+. The van der Waals surface area contributed by atoms with Gasteiger partial charge in [0.25, 0.3) is 0 Å². The highest BCUT2D eigenvalue weighted by Crippen LogP contribution is 2.31. The van der Waals surface area contributed by atoms with E-state index in [1.54, 1.807) is 17.0 Å². The van der Waals surface area contributed by atoms with Crippen molar-refractivity contribution in [3.05, 3.63) is 53.5 Å². The molecule has 2 aromatic rings. The number of rotatable bonds is 3. The first-order valence-electron chi connectivity index (χ1n) is 9.40. The number of ether oxygens (including phenoxy) is 1. The minimum Gasteiger partial charge on any atom is -0.462 e. The smallest absolute Gasteiger partial charge is 0.414 e. The molecule has 148 valence electrons. The molecular formula is C22H26N2O4. The van der Waals surface area contributed by atoms with Crippen LogP contribution in [0.25, 0.3) is 6.08 Å². The number of hydrogen-bond donors (Lipinski definition) is 1. The summed E-state index contributed by atoms with van der Waals surface area (Å²) >= 11 is 0. The second-order valence-corrected chi connectivity index (χ2v) is 7.85. The van der Waals surface area contributed by atoms with Gasteiger partial charge in [-0.3, -0.25) is 9.69 Å². The van der Waals surface area contributed by atoms with Crippen LogP contribution in [0.4, 0.5) is 16.2 Å². The molecule has 1 aliphatic rings. The van der Waals surface area contributed by atoms with Crippen LogP contribution in [0.1, 0.15) is 44.3 Å².